The van der Waals surface area contributed by atoms with E-state index in [1.165, 1.54) is 51.0 Å². The molecular weight excluding hydrogens is 342 g/mol. The fraction of sp³-hybridized carbons (Fsp3) is 0.263. The molecule has 0 radical (unpaired) electrons. The molecule has 0 bridgehead atoms. The van der Waals surface area contributed by atoms with Crippen molar-refractivity contribution < 1.29 is 0 Å². The highest BCUT2D eigenvalue weighted by molar-refractivity contribution is 6.09. The van der Waals surface area contributed by atoms with Gasteiger partial charge in [0.1, 0.15) is 5.65 Å². The number of H-pyrrole nitrogens is 2. The van der Waals surface area contributed by atoms with Gasteiger partial charge in [-0.1, -0.05) is 6.42 Å². The maximum atomic E-state index is 11.4. The van der Waals surface area contributed by atoms with Crippen LogP contribution in [-0.2, 0) is 0 Å². The molecule has 0 aliphatic carbocycles. The van der Waals surface area contributed by atoms with Gasteiger partial charge in [0, 0.05) is 46.9 Å². The summed E-state index contributed by atoms with van der Waals surface area (Å²) < 4.78 is 0. The van der Waals surface area contributed by atoms with E-state index in [0.29, 0.717) is 16.9 Å². The Morgan fingerprint density at radius 1 is 1.19 bits per heavy atom. The summed E-state index contributed by atoms with van der Waals surface area (Å²) in [6, 6.07) is 1.86. The molecule has 1 fully saturated rings. The maximum absolute atomic E-state index is 11.4. The summed E-state index contributed by atoms with van der Waals surface area (Å²) in [6.07, 6.45) is 12.9. The zero-order valence-electron chi connectivity index (χ0n) is 15.0. The molecule has 8 heteroatoms. The highest BCUT2D eigenvalue weighted by Gasteiger charge is 2.10. The van der Waals surface area contributed by atoms with Crippen LogP contribution in [0.15, 0.2) is 41.8 Å². The van der Waals surface area contributed by atoms with E-state index < -0.39 is 0 Å². The van der Waals surface area contributed by atoms with Crippen molar-refractivity contribution in [3.8, 4) is 11.3 Å². The standard InChI is InChI=1S/C14H12N6O.C5H11N/c15-2-9(3-16)8-1-10-11(5-19-14(10)18-4-8)12-6-17-7-13(21)20-12;1-2-4-6-5-3-1/h1-7,15H,16H2,(H,18,19)(H,20,21);6H,1-5H2/b9-3+,15-2?;. The second-order valence-corrected chi connectivity index (χ2v) is 6.21. The summed E-state index contributed by atoms with van der Waals surface area (Å²) in [6.45, 7) is 2.50. The van der Waals surface area contributed by atoms with Crippen LogP contribution < -0.4 is 16.6 Å². The van der Waals surface area contributed by atoms with Crippen LogP contribution in [0.25, 0.3) is 27.9 Å². The lowest BCUT2D eigenvalue weighted by molar-refractivity contribution is 0.520. The van der Waals surface area contributed by atoms with Crippen LogP contribution in [0.3, 0.4) is 0 Å². The Balaban J connectivity index is 0.000000299. The van der Waals surface area contributed by atoms with E-state index in [2.05, 4.69) is 25.3 Å². The van der Waals surface area contributed by atoms with Gasteiger partial charge in [0.15, 0.2) is 0 Å². The molecule has 4 heterocycles. The van der Waals surface area contributed by atoms with Gasteiger partial charge in [-0.25, -0.2) is 4.98 Å². The third kappa shape index (κ3) is 4.48. The van der Waals surface area contributed by atoms with Crippen molar-refractivity contribution in [3.05, 3.63) is 53.0 Å². The van der Waals surface area contributed by atoms with Crippen molar-refractivity contribution in [1.29, 1.82) is 5.41 Å². The largest absolute Gasteiger partial charge is 0.404 e. The molecular formula is C19H23N7O. The fourth-order valence-corrected chi connectivity index (χ4v) is 2.93. The van der Waals surface area contributed by atoms with Crippen molar-refractivity contribution in [2.75, 3.05) is 13.1 Å². The smallest absolute Gasteiger partial charge is 0.266 e. The molecule has 0 spiro atoms. The molecule has 27 heavy (non-hydrogen) atoms. The summed E-state index contributed by atoms with van der Waals surface area (Å²) >= 11 is 0. The molecule has 0 aromatic carbocycles. The average Bonchev–Trinajstić information content (AvgIpc) is 3.14. The number of nitrogens with two attached hydrogens (primary N) is 1. The predicted octanol–water partition coefficient (Wildman–Crippen LogP) is 2.02. The van der Waals surface area contributed by atoms with E-state index in [0.717, 1.165) is 16.5 Å². The monoisotopic (exact) mass is 365 g/mol. The van der Waals surface area contributed by atoms with Crippen molar-refractivity contribution >= 4 is 22.8 Å². The molecule has 140 valence electrons. The van der Waals surface area contributed by atoms with Gasteiger partial charge in [-0.3, -0.25) is 9.78 Å². The first-order valence-electron chi connectivity index (χ1n) is 8.88. The number of rotatable bonds is 3. The normalized spacial score (nSPS) is 14.4. The summed E-state index contributed by atoms with van der Waals surface area (Å²) in [5.41, 5.74) is 8.58. The van der Waals surface area contributed by atoms with Crippen LogP contribution in [0, 0.1) is 5.41 Å². The Kier molecular flexibility index (Phi) is 6.11. The fourth-order valence-electron chi connectivity index (χ4n) is 2.93. The van der Waals surface area contributed by atoms with Gasteiger partial charge in [-0.05, 0) is 32.0 Å². The molecule has 4 rings (SSSR count). The van der Waals surface area contributed by atoms with Gasteiger partial charge in [-0.15, -0.1) is 0 Å². The first-order valence-corrected chi connectivity index (χ1v) is 8.88. The molecule has 1 aliphatic rings. The van der Waals surface area contributed by atoms with Gasteiger partial charge in [0.2, 0.25) is 0 Å². The topological polar surface area (TPSA) is 136 Å². The number of hydrogen-bond acceptors (Lipinski definition) is 6. The lowest BCUT2D eigenvalue weighted by Crippen LogP contribution is -2.21. The number of nitrogens with one attached hydrogen (secondary N) is 4. The van der Waals surface area contributed by atoms with E-state index in [1.54, 1.807) is 18.6 Å². The highest BCUT2D eigenvalue weighted by Crippen LogP contribution is 2.27. The zero-order chi connectivity index (χ0) is 19.1. The van der Waals surface area contributed by atoms with Crippen LogP contribution in [-0.4, -0.2) is 39.2 Å². The molecule has 3 aromatic heterocycles. The number of aromatic amines is 2. The summed E-state index contributed by atoms with van der Waals surface area (Å²) in [7, 11) is 0. The number of fused-ring (bicyclic) bond motifs is 1. The molecule has 0 unspecified atom stereocenters. The number of aromatic nitrogens is 4. The maximum Gasteiger partial charge on any atom is 0.266 e. The van der Waals surface area contributed by atoms with Gasteiger partial charge >= 0.3 is 0 Å². The van der Waals surface area contributed by atoms with Crippen LogP contribution in [0.2, 0.25) is 0 Å². The molecule has 1 aliphatic heterocycles. The van der Waals surface area contributed by atoms with Gasteiger partial charge < -0.3 is 26.4 Å². The lowest BCUT2D eigenvalue weighted by atomic mass is 10.1. The van der Waals surface area contributed by atoms with E-state index in [-0.39, 0.29) is 5.56 Å². The minimum Gasteiger partial charge on any atom is -0.404 e. The molecule has 0 amide bonds. The van der Waals surface area contributed by atoms with Crippen molar-refractivity contribution in [1.82, 2.24) is 25.3 Å². The Labute approximate surface area is 156 Å². The van der Waals surface area contributed by atoms with Crippen LogP contribution in [0.1, 0.15) is 24.8 Å². The Morgan fingerprint density at radius 2 is 2.00 bits per heavy atom. The van der Waals surface area contributed by atoms with Crippen LogP contribution >= 0.6 is 0 Å². The first kappa shape index (κ1) is 18.5. The quantitative estimate of drug-likeness (QED) is 0.452. The zero-order valence-corrected chi connectivity index (χ0v) is 15.0. The molecule has 8 nitrogen and oxygen atoms in total. The molecule has 1 saturated heterocycles. The number of pyridine rings is 1. The third-order valence-corrected chi connectivity index (χ3v) is 4.35. The van der Waals surface area contributed by atoms with Gasteiger partial charge in [0.05, 0.1) is 18.1 Å². The number of hydrogen-bond donors (Lipinski definition) is 5. The second-order valence-electron chi connectivity index (χ2n) is 6.21. The third-order valence-electron chi connectivity index (χ3n) is 4.35. The molecule has 3 aromatic rings. The van der Waals surface area contributed by atoms with Crippen molar-refractivity contribution in [2.24, 2.45) is 5.73 Å². The van der Waals surface area contributed by atoms with E-state index in [4.69, 9.17) is 11.1 Å². The van der Waals surface area contributed by atoms with Crippen molar-refractivity contribution in [3.63, 3.8) is 0 Å². The van der Waals surface area contributed by atoms with Gasteiger partial charge in [-0.2, -0.15) is 0 Å². The number of piperidine rings is 1. The predicted molar refractivity (Wildman–Crippen MR) is 108 cm³/mol. The Bertz CT molecular complexity index is 987. The molecule has 0 atom stereocenters. The first-order chi connectivity index (χ1) is 13.2. The molecule has 6 N–H and O–H groups in total. The van der Waals surface area contributed by atoms with Gasteiger partial charge in [0.25, 0.3) is 5.56 Å². The highest BCUT2D eigenvalue weighted by atomic mass is 16.1. The SMILES string of the molecule is C1CCNCC1.N=C/C(=C\N)c1cnc2[nH]cc(-c3cncc(=O)[nH]3)c2c1. The Morgan fingerprint density at radius 3 is 2.59 bits per heavy atom. The minimum atomic E-state index is -0.270. The molecule has 0 saturated carbocycles. The van der Waals surface area contributed by atoms with Crippen LogP contribution in [0.4, 0.5) is 0 Å². The minimum absolute atomic E-state index is 0.270. The van der Waals surface area contributed by atoms with E-state index >= 15 is 0 Å². The number of allylic oxidation sites excluding steroid dienone is 1. The summed E-state index contributed by atoms with van der Waals surface area (Å²) in [4.78, 5) is 25.3. The second kappa shape index (κ2) is 8.91. The van der Waals surface area contributed by atoms with Crippen LogP contribution in [0.5, 0.6) is 0 Å². The number of nitrogens with zero attached hydrogens (tertiary/aromatic N) is 2. The van der Waals surface area contributed by atoms with E-state index in [1.807, 2.05) is 6.07 Å². The van der Waals surface area contributed by atoms with E-state index in [9.17, 15) is 4.79 Å². The van der Waals surface area contributed by atoms with Crippen molar-refractivity contribution in [2.45, 2.75) is 19.3 Å². The average molecular weight is 365 g/mol. The summed E-state index contributed by atoms with van der Waals surface area (Å²) in [5, 5.41) is 11.4. The summed E-state index contributed by atoms with van der Waals surface area (Å²) in [5.74, 6) is 0. The lowest BCUT2D eigenvalue weighted by Gasteiger charge is -2.08. The Hall–Kier alpha value is -3.26.